The third kappa shape index (κ3) is 5.38. The molecule has 3 aromatic carbocycles. The number of amides is 1. The van der Waals surface area contributed by atoms with Crippen LogP contribution in [0.4, 0.5) is 17.1 Å². The Kier molecular flexibility index (Phi) is 7.79. The number of sulfonamides is 1. The number of nitrogens with zero attached hydrogens (tertiary/aromatic N) is 1. The molecule has 0 bridgehead atoms. The second-order valence-corrected chi connectivity index (χ2v) is 10.3. The predicted molar refractivity (Wildman–Crippen MR) is 147 cm³/mol. The summed E-state index contributed by atoms with van der Waals surface area (Å²) >= 11 is 0. The van der Waals surface area contributed by atoms with E-state index in [0.29, 0.717) is 22.3 Å². The van der Waals surface area contributed by atoms with Gasteiger partial charge in [-0.1, -0.05) is 6.07 Å². The van der Waals surface area contributed by atoms with Crippen molar-refractivity contribution in [2.45, 2.75) is 0 Å². The van der Waals surface area contributed by atoms with E-state index in [4.69, 9.17) is 13.9 Å². The maximum atomic E-state index is 13.0. The molecule has 200 valence electrons. The number of carbonyl (C=O) groups excluding carboxylic acids is 1. The molecule has 4 rings (SSSR count). The number of ether oxygens (including phenoxy) is 2. The molecular weight excluding hydrogens is 510 g/mol. The molecule has 1 aromatic heterocycles. The first-order valence-electron chi connectivity index (χ1n) is 11.7. The van der Waals surface area contributed by atoms with E-state index >= 15 is 0 Å². The fourth-order valence-electron chi connectivity index (χ4n) is 4.15. The van der Waals surface area contributed by atoms with Crippen LogP contribution in [0.1, 0.15) is 10.4 Å². The topological polar surface area (TPSA) is 130 Å². The lowest BCUT2D eigenvalue weighted by atomic mass is 10.0. The Balaban J connectivity index is 1.80. The smallest absolute Gasteiger partial charge is 0.255 e. The van der Waals surface area contributed by atoms with E-state index in [2.05, 4.69) is 10.6 Å². The molecule has 3 N–H and O–H groups in total. The van der Waals surface area contributed by atoms with Gasteiger partial charge in [0.15, 0.2) is 0 Å². The van der Waals surface area contributed by atoms with Gasteiger partial charge in [0.2, 0.25) is 10.0 Å². The van der Waals surface area contributed by atoms with Crippen molar-refractivity contribution in [1.29, 1.82) is 0 Å². The number of benzene rings is 3. The van der Waals surface area contributed by atoms with Crippen molar-refractivity contribution < 1.29 is 32.2 Å². The fourth-order valence-corrected chi connectivity index (χ4v) is 5.07. The van der Waals surface area contributed by atoms with Crippen LogP contribution in [0.3, 0.4) is 0 Å². The summed E-state index contributed by atoms with van der Waals surface area (Å²) < 4.78 is 42.8. The number of aliphatic hydroxyl groups excluding tert-OH is 1. The molecule has 10 nitrogen and oxygen atoms in total. The van der Waals surface area contributed by atoms with Gasteiger partial charge in [-0.15, -0.1) is 0 Å². The quantitative estimate of drug-likeness (QED) is 0.276. The number of anilines is 3. The zero-order chi connectivity index (χ0) is 27.4. The highest BCUT2D eigenvalue weighted by Gasteiger charge is 2.27. The molecule has 0 fully saturated rings. The molecule has 0 radical (unpaired) electrons. The lowest BCUT2D eigenvalue weighted by Gasteiger charge is -2.23. The van der Waals surface area contributed by atoms with Crippen LogP contribution in [-0.2, 0) is 10.0 Å². The normalized spacial score (nSPS) is 11.3. The van der Waals surface area contributed by atoms with Crippen LogP contribution in [0, 0.1) is 0 Å². The molecule has 0 atom stereocenters. The molecule has 0 aliphatic carbocycles. The molecule has 4 aromatic rings. The molecular formula is C27H29N3O7S. The fraction of sp³-hybridized carbons (Fsp3) is 0.222. The van der Waals surface area contributed by atoms with E-state index in [9.17, 15) is 18.3 Å². The standard InChI is InChI=1S/C27H29N3O7S/c1-28-27(32)25-21-15-24(36-3)22(30(12-13-31)38(4,33)34)16-23(21)37-26(25)17-8-10-18(11-9-17)29-19-6-5-7-20(14-19)35-2/h5-11,14-16,29,31H,12-13H2,1-4H3,(H,28,32). The van der Waals surface area contributed by atoms with E-state index in [1.165, 1.54) is 20.2 Å². The SMILES string of the molecule is CNC(=O)c1c(-c2ccc(Nc3cccc(OC)c3)cc2)oc2cc(N(CCO)S(C)(=O)=O)c(OC)cc12. The molecule has 38 heavy (non-hydrogen) atoms. The second-order valence-electron chi connectivity index (χ2n) is 8.40. The summed E-state index contributed by atoms with van der Waals surface area (Å²) in [4.78, 5) is 13.0. The molecule has 0 saturated heterocycles. The van der Waals surface area contributed by atoms with Gasteiger partial charge in [-0.25, -0.2) is 8.42 Å². The van der Waals surface area contributed by atoms with Gasteiger partial charge in [0.1, 0.15) is 22.8 Å². The predicted octanol–water partition coefficient (Wildman–Crippen LogP) is 3.98. The summed E-state index contributed by atoms with van der Waals surface area (Å²) in [5.41, 5.74) is 3.08. The van der Waals surface area contributed by atoms with Crippen molar-refractivity contribution in [1.82, 2.24) is 5.32 Å². The minimum Gasteiger partial charge on any atom is -0.497 e. The number of carbonyl (C=O) groups is 1. The van der Waals surface area contributed by atoms with Crippen molar-refractivity contribution in [3.05, 3.63) is 66.2 Å². The van der Waals surface area contributed by atoms with E-state index in [-0.39, 0.29) is 29.5 Å². The number of furan rings is 1. The molecule has 1 amide bonds. The van der Waals surface area contributed by atoms with E-state index < -0.39 is 16.6 Å². The largest absolute Gasteiger partial charge is 0.497 e. The molecule has 0 unspecified atom stereocenters. The number of aliphatic hydroxyl groups is 1. The number of hydrogen-bond donors (Lipinski definition) is 3. The highest BCUT2D eigenvalue weighted by molar-refractivity contribution is 7.92. The van der Waals surface area contributed by atoms with Crippen LogP contribution in [0.2, 0.25) is 0 Å². The Hall–Kier alpha value is -4.22. The van der Waals surface area contributed by atoms with Crippen molar-refractivity contribution in [3.8, 4) is 22.8 Å². The van der Waals surface area contributed by atoms with E-state index in [1.807, 2.05) is 48.5 Å². The summed E-state index contributed by atoms with van der Waals surface area (Å²) in [6, 6.07) is 17.9. The Morgan fingerprint density at radius 3 is 2.37 bits per heavy atom. The first-order chi connectivity index (χ1) is 18.2. The van der Waals surface area contributed by atoms with Crippen LogP contribution < -0.4 is 24.4 Å². The van der Waals surface area contributed by atoms with Crippen molar-refractivity contribution in [2.24, 2.45) is 0 Å². The van der Waals surface area contributed by atoms with Crippen LogP contribution in [0.25, 0.3) is 22.3 Å². The van der Waals surface area contributed by atoms with Crippen molar-refractivity contribution in [2.75, 3.05) is 50.3 Å². The van der Waals surface area contributed by atoms with Crippen molar-refractivity contribution >= 4 is 44.0 Å². The average molecular weight is 540 g/mol. The number of nitrogens with one attached hydrogen (secondary N) is 2. The Labute approximate surface area is 220 Å². The van der Waals surface area contributed by atoms with Crippen LogP contribution in [0.15, 0.2) is 65.1 Å². The number of hydrogen-bond acceptors (Lipinski definition) is 8. The summed E-state index contributed by atoms with van der Waals surface area (Å²) in [6.07, 6.45) is 1.04. The van der Waals surface area contributed by atoms with Gasteiger partial charge in [-0.05, 0) is 42.5 Å². The van der Waals surface area contributed by atoms with Gasteiger partial charge >= 0.3 is 0 Å². The maximum absolute atomic E-state index is 13.0. The molecule has 0 spiro atoms. The lowest BCUT2D eigenvalue weighted by Crippen LogP contribution is -2.32. The zero-order valence-corrected chi connectivity index (χ0v) is 22.3. The first kappa shape index (κ1) is 26.8. The van der Waals surface area contributed by atoms with Gasteiger partial charge in [0.25, 0.3) is 5.91 Å². The van der Waals surface area contributed by atoms with Gasteiger partial charge < -0.3 is 29.6 Å². The molecule has 11 heteroatoms. The van der Waals surface area contributed by atoms with Crippen molar-refractivity contribution in [3.63, 3.8) is 0 Å². The van der Waals surface area contributed by atoms with E-state index in [1.54, 1.807) is 13.2 Å². The van der Waals surface area contributed by atoms with Gasteiger partial charge in [0.05, 0.1) is 44.9 Å². The first-order valence-corrected chi connectivity index (χ1v) is 13.5. The molecule has 1 heterocycles. The van der Waals surface area contributed by atoms with Crippen LogP contribution >= 0.6 is 0 Å². The van der Waals surface area contributed by atoms with Gasteiger partial charge in [0, 0.05) is 41.5 Å². The maximum Gasteiger partial charge on any atom is 0.255 e. The summed E-state index contributed by atoms with van der Waals surface area (Å²) in [5.74, 6) is 0.890. The van der Waals surface area contributed by atoms with Gasteiger partial charge in [-0.3, -0.25) is 9.10 Å². The molecule has 0 aliphatic heterocycles. The summed E-state index contributed by atoms with van der Waals surface area (Å²) in [5, 5.41) is 15.8. The Morgan fingerprint density at radius 2 is 1.76 bits per heavy atom. The zero-order valence-electron chi connectivity index (χ0n) is 21.4. The molecule has 0 saturated carbocycles. The number of fused-ring (bicyclic) bond motifs is 1. The lowest BCUT2D eigenvalue weighted by molar-refractivity contribution is 0.0964. The minimum absolute atomic E-state index is 0.168. The highest BCUT2D eigenvalue weighted by Crippen LogP contribution is 2.41. The summed E-state index contributed by atoms with van der Waals surface area (Å²) in [6.45, 7) is -0.560. The monoisotopic (exact) mass is 539 g/mol. The minimum atomic E-state index is -3.74. The number of rotatable bonds is 10. The second kappa shape index (κ2) is 11.0. The van der Waals surface area contributed by atoms with Gasteiger partial charge in [-0.2, -0.15) is 0 Å². The Morgan fingerprint density at radius 1 is 1.03 bits per heavy atom. The molecule has 0 aliphatic rings. The van der Waals surface area contributed by atoms with Crippen LogP contribution in [-0.4, -0.2) is 60.1 Å². The Bertz CT molecular complexity index is 1560. The number of methoxy groups -OCH3 is 2. The third-order valence-electron chi connectivity index (χ3n) is 5.92. The summed E-state index contributed by atoms with van der Waals surface area (Å²) in [7, 11) is 0.791. The average Bonchev–Trinajstić information content (AvgIpc) is 3.28. The third-order valence-corrected chi connectivity index (χ3v) is 7.10. The highest BCUT2D eigenvalue weighted by atomic mass is 32.2. The van der Waals surface area contributed by atoms with Crippen LogP contribution in [0.5, 0.6) is 11.5 Å². The van der Waals surface area contributed by atoms with E-state index in [0.717, 1.165) is 27.7 Å².